The first-order valence-corrected chi connectivity index (χ1v) is 7.03. The summed E-state index contributed by atoms with van der Waals surface area (Å²) in [7, 11) is 2.05. The van der Waals surface area contributed by atoms with Gasteiger partial charge in [0.1, 0.15) is 5.75 Å². The van der Waals surface area contributed by atoms with Crippen molar-refractivity contribution in [3.8, 4) is 5.75 Å². The van der Waals surface area contributed by atoms with Gasteiger partial charge in [0, 0.05) is 17.0 Å². The van der Waals surface area contributed by atoms with Gasteiger partial charge in [0.2, 0.25) is 0 Å². The van der Waals surface area contributed by atoms with Crippen LogP contribution in [-0.2, 0) is 5.41 Å². The van der Waals surface area contributed by atoms with Gasteiger partial charge in [-0.15, -0.1) is 0 Å². The number of benzene rings is 1. The van der Waals surface area contributed by atoms with Gasteiger partial charge in [-0.3, -0.25) is 0 Å². The van der Waals surface area contributed by atoms with Crippen LogP contribution in [0.15, 0.2) is 18.2 Å². The third kappa shape index (κ3) is 2.54. The van der Waals surface area contributed by atoms with Gasteiger partial charge < -0.3 is 10.1 Å². The van der Waals surface area contributed by atoms with E-state index in [2.05, 4.69) is 51.3 Å². The maximum absolute atomic E-state index is 5.74. The van der Waals surface area contributed by atoms with Crippen molar-refractivity contribution < 1.29 is 4.74 Å². The highest BCUT2D eigenvalue weighted by Crippen LogP contribution is 2.39. The summed E-state index contributed by atoms with van der Waals surface area (Å²) in [5.41, 5.74) is 2.90. The first kappa shape index (κ1) is 13.4. The molecule has 1 unspecified atom stereocenters. The Morgan fingerprint density at radius 2 is 2.17 bits per heavy atom. The average Bonchev–Trinajstić information content (AvgIpc) is 2.66. The molecule has 0 aromatic heterocycles. The molecule has 0 spiro atoms. The molecule has 100 valence electrons. The maximum Gasteiger partial charge on any atom is 0.123 e. The first-order valence-electron chi connectivity index (χ1n) is 7.03. The second-order valence-corrected chi connectivity index (χ2v) is 5.91. The minimum atomic E-state index is 0.147. The molecule has 0 amide bonds. The molecule has 1 aliphatic rings. The molecule has 18 heavy (non-hydrogen) atoms. The fourth-order valence-electron chi connectivity index (χ4n) is 2.64. The second-order valence-electron chi connectivity index (χ2n) is 5.91. The monoisotopic (exact) mass is 247 g/mol. The van der Waals surface area contributed by atoms with Gasteiger partial charge in [-0.1, -0.05) is 39.7 Å². The first-order chi connectivity index (χ1) is 8.58. The van der Waals surface area contributed by atoms with Crippen molar-refractivity contribution in [3.63, 3.8) is 0 Å². The molecule has 2 rings (SSSR count). The number of ether oxygens (including phenoxy) is 1. The summed E-state index contributed by atoms with van der Waals surface area (Å²) in [5, 5.41) is 3.43. The van der Waals surface area contributed by atoms with Crippen molar-refractivity contribution in [2.75, 3.05) is 13.7 Å². The molecule has 1 aliphatic heterocycles. The fraction of sp³-hybridized carbons (Fsp3) is 0.625. The maximum atomic E-state index is 5.74. The van der Waals surface area contributed by atoms with E-state index >= 15 is 0 Å². The summed E-state index contributed by atoms with van der Waals surface area (Å²) in [5.74, 6) is 1.06. The number of nitrogens with one attached hydrogen (secondary N) is 1. The summed E-state index contributed by atoms with van der Waals surface area (Å²) in [6.07, 6.45) is 3.72. The Morgan fingerprint density at radius 3 is 2.83 bits per heavy atom. The quantitative estimate of drug-likeness (QED) is 0.854. The van der Waals surface area contributed by atoms with E-state index in [0.717, 1.165) is 12.4 Å². The third-order valence-corrected chi connectivity index (χ3v) is 3.92. The van der Waals surface area contributed by atoms with Crippen molar-refractivity contribution in [1.82, 2.24) is 5.32 Å². The van der Waals surface area contributed by atoms with Crippen LogP contribution in [0, 0.1) is 0 Å². The molecule has 1 aromatic rings. The van der Waals surface area contributed by atoms with E-state index in [9.17, 15) is 0 Å². The molecule has 0 radical (unpaired) electrons. The highest BCUT2D eigenvalue weighted by Gasteiger charge is 2.32. The molecule has 1 atom stereocenters. The summed E-state index contributed by atoms with van der Waals surface area (Å²) in [6.45, 7) is 7.55. The minimum absolute atomic E-state index is 0.147. The second kappa shape index (κ2) is 5.31. The van der Waals surface area contributed by atoms with Crippen molar-refractivity contribution in [1.29, 1.82) is 0 Å². The van der Waals surface area contributed by atoms with E-state index in [0.29, 0.717) is 6.04 Å². The lowest BCUT2D eigenvalue weighted by Crippen LogP contribution is -2.20. The Bertz CT molecular complexity index is 412. The van der Waals surface area contributed by atoms with E-state index < -0.39 is 0 Å². The number of hydrogen-bond donors (Lipinski definition) is 1. The standard InChI is InChI=1S/C16H25NO/c1-5-6-7-14(17-4)12-8-9-15-13(10-12)16(2,3)11-18-15/h8-10,14,17H,5-7,11H2,1-4H3. The highest BCUT2D eigenvalue weighted by atomic mass is 16.5. The Balaban J connectivity index is 2.25. The number of unbranched alkanes of at least 4 members (excludes halogenated alkanes) is 1. The third-order valence-electron chi connectivity index (χ3n) is 3.92. The van der Waals surface area contributed by atoms with E-state index in [4.69, 9.17) is 4.74 Å². The van der Waals surface area contributed by atoms with Crippen molar-refractivity contribution >= 4 is 0 Å². The topological polar surface area (TPSA) is 21.3 Å². The van der Waals surface area contributed by atoms with Gasteiger partial charge in [-0.05, 0) is 31.2 Å². The van der Waals surface area contributed by atoms with Crippen LogP contribution in [0.2, 0.25) is 0 Å². The van der Waals surface area contributed by atoms with Gasteiger partial charge in [-0.2, -0.15) is 0 Å². The molecule has 1 heterocycles. The average molecular weight is 247 g/mol. The molecule has 0 bridgehead atoms. The van der Waals surface area contributed by atoms with Gasteiger partial charge in [-0.25, -0.2) is 0 Å². The number of hydrogen-bond acceptors (Lipinski definition) is 2. The lowest BCUT2D eigenvalue weighted by molar-refractivity contribution is 0.291. The zero-order valence-corrected chi connectivity index (χ0v) is 12.0. The number of fused-ring (bicyclic) bond motifs is 1. The van der Waals surface area contributed by atoms with Crippen LogP contribution < -0.4 is 10.1 Å². The number of rotatable bonds is 5. The largest absolute Gasteiger partial charge is 0.492 e. The fourth-order valence-corrected chi connectivity index (χ4v) is 2.64. The molecule has 1 aromatic carbocycles. The summed E-state index contributed by atoms with van der Waals surface area (Å²) >= 11 is 0. The normalized spacial score (nSPS) is 18.2. The smallest absolute Gasteiger partial charge is 0.123 e. The van der Waals surface area contributed by atoms with Gasteiger partial charge in [0.05, 0.1) is 6.61 Å². The molecular formula is C16H25NO. The predicted molar refractivity (Wildman–Crippen MR) is 76.3 cm³/mol. The molecule has 1 N–H and O–H groups in total. The van der Waals surface area contributed by atoms with Crippen molar-refractivity contribution in [2.45, 2.75) is 51.5 Å². The van der Waals surface area contributed by atoms with Crippen LogP contribution in [0.1, 0.15) is 57.2 Å². The SMILES string of the molecule is CCCCC(NC)c1ccc2c(c1)C(C)(C)CO2. The molecule has 0 saturated carbocycles. The summed E-state index contributed by atoms with van der Waals surface area (Å²) in [6, 6.07) is 7.14. The van der Waals surface area contributed by atoms with Gasteiger partial charge in [0.15, 0.2) is 0 Å². The van der Waals surface area contributed by atoms with E-state index in [1.54, 1.807) is 0 Å². The Hall–Kier alpha value is -1.02. The zero-order valence-electron chi connectivity index (χ0n) is 12.0. The van der Waals surface area contributed by atoms with Crippen LogP contribution in [0.4, 0.5) is 0 Å². The van der Waals surface area contributed by atoms with Crippen LogP contribution in [0.5, 0.6) is 5.75 Å². The van der Waals surface area contributed by atoms with E-state index in [-0.39, 0.29) is 5.41 Å². The molecule has 2 nitrogen and oxygen atoms in total. The molecule has 2 heteroatoms. The van der Waals surface area contributed by atoms with E-state index in [1.807, 2.05) is 0 Å². The molecule has 0 aliphatic carbocycles. The minimum Gasteiger partial charge on any atom is -0.492 e. The van der Waals surface area contributed by atoms with Crippen LogP contribution in [0.25, 0.3) is 0 Å². The lowest BCUT2D eigenvalue weighted by Gasteiger charge is -2.20. The lowest BCUT2D eigenvalue weighted by atomic mass is 9.85. The van der Waals surface area contributed by atoms with Gasteiger partial charge >= 0.3 is 0 Å². The molecule has 0 saturated heterocycles. The van der Waals surface area contributed by atoms with Gasteiger partial charge in [0.25, 0.3) is 0 Å². The van der Waals surface area contributed by atoms with Crippen LogP contribution in [0.3, 0.4) is 0 Å². The van der Waals surface area contributed by atoms with Crippen molar-refractivity contribution in [3.05, 3.63) is 29.3 Å². The van der Waals surface area contributed by atoms with Crippen LogP contribution >= 0.6 is 0 Å². The van der Waals surface area contributed by atoms with E-state index in [1.165, 1.54) is 30.4 Å². The predicted octanol–water partition coefficient (Wildman–Crippen LogP) is 3.81. The Labute approximate surface area is 111 Å². The highest BCUT2D eigenvalue weighted by molar-refractivity contribution is 5.45. The summed E-state index contributed by atoms with van der Waals surface area (Å²) < 4.78 is 5.74. The molecular weight excluding hydrogens is 222 g/mol. The Kier molecular flexibility index (Phi) is 3.96. The van der Waals surface area contributed by atoms with Crippen molar-refractivity contribution in [2.24, 2.45) is 0 Å². The Morgan fingerprint density at radius 1 is 1.39 bits per heavy atom. The van der Waals surface area contributed by atoms with Crippen LogP contribution in [-0.4, -0.2) is 13.7 Å². The molecule has 0 fully saturated rings. The zero-order chi connectivity index (χ0) is 13.2. The summed E-state index contributed by atoms with van der Waals surface area (Å²) in [4.78, 5) is 0.